The molecule has 0 saturated heterocycles. The average molecular weight is 423 g/mol. The molecule has 1 aliphatic heterocycles. The number of benzene rings is 3. The van der Waals surface area contributed by atoms with Crippen LogP contribution in [0.25, 0.3) is 0 Å². The van der Waals surface area contributed by atoms with Crippen LogP contribution in [0.5, 0.6) is 5.75 Å². The normalized spacial score (nSPS) is 16.4. The first-order valence-electron chi connectivity index (χ1n) is 9.53. The monoisotopic (exact) mass is 422 g/mol. The minimum atomic E-state index is -4.03. The highest BCUT2D eigenvalue weighted by atomic mass is 32.2. The van der Waals surface area contributed by atoms with Crippen LogP contribution in [-0.2, 0) is 10.0 Å². The number of methoxy groups -OCH3 is 1. The van der Waals surface area contributed by atoms with Gasteiger partial charge in [0.2, 0.25) is 0 Å². The predicted octanol–water partition coefficient (Wildman–Crippen LogP) is 4.00. The molecule has 0 bridgehead atoms. The van der Waals surface area contributed by atoms with Crippen LogP contribution in [0.1, 0.15) is 27.5 Å². The summed E-state index contributed by atoms with van der Waals surface area (Å²) in [4.78, 5) is 13.4. The van der Waals surface area contributed by atoms with E-state index in [0.717, 1.165) is 15.4 Å². The van der Waals surface area contributed by atoms with Crippen molar-refractivity contribution in [2.24, 2.45) is 0 Å². The highest BCUT2D eigenvalue weighted by Crippen LogP contribution is 2.32. The van der Waals surface area contributed by atoms with Crippen molar-refractivity contribution in [3.63, 3.8) is 0 Å². The molecule has 1 aliphatic rings. The van der Waals surface area contributed by atoms with Crippen LogP contribution in [0.3, 0.4) is 0 Å². The van der Waals surface area contributed by atoms with Gasteiger partial charge in [0.05, 0.1) is 30.2 Å². The van der Waals surface area contributed by atoms with E-state index < -0.39 is 22.0 Å². The molecule has 1 amide bonds. The molecule has 4 rings (SSSR count). The minimum Gasteiger partial charge on any atom is -0.497 e. The van der Waals surface area contributed by atoms with Crippen molar-refractivity contribution in [1.82, 2.24) is 4.31 Å². The van der Waals surface area contributed by atoms with Crippen molar-refractivity contribution >= 4 is 21.6 Å². The van der Waals surface area contributed by atoms with E-state index in [1.807, 2.05) is 37.3 Å². The Morgan fingerprint density at radius 3 is 2.30 bits per heavy atom. The van der Waals surface area contributed by atoms with Gasteiger partial charge in [-0.3, -0.25) is 4.79 Å². The number of hydrogen-bond acceptors (Lipinski definition) is 5. The summed E-state index contributed by atoms with van der Waals surface area (Å²) >= 11 is 0. The molecule has 6 nitrogen and oxygen atoms in total. The fourth-order valence-electron chi connectivity index (χ4n) is 3.48. The number of ether oxygens (including phenoxy) is 1. The zero-order valence-electron chi connectivity index (χ0n) is 16.7. The Kier molecular flexibility index (Phi) is 5.22. The Hall–Kier alpha value is -3.32. The third-order valence-electron chi connectivity index (χ3n) is 5.19. The molecule has 0 aromatic heterocycles. The Morgan fingerprint density at radius 2 is 1.63 bits per heavy atom. The van der Waals surface area contributed by atoms with Gasteiger partial charge in [-0.2, -0.15) is 0 Å². The number of nitrogens with one attached hydrogen (secondary N) is 1. The summed E-state index contributed by atoms with van der Waals surface area (Å²) in [7, 11) is -2.44. The molecule has 1 N–H and O–H groups in total. The van der Waals surface area contributed by atoms with Crippen LogP contribution in [0, 0.1) is 6.92 Å². The van der Waals surface area contributed by atoms with Crippen LogP contribution in [0.2, 0.25) is 0 Å². The summed E-state index contributed by atoms with van der Waals surface area (Å²) < 4.78 is 33.0. The Labute approximate surface area is 176 Å². The number of nitrogens with zero attached hydrogens (tertiary/aromatic N) is 1. The van der Waals surface area contributed by atoms with E-state index in [9.17, 15) is 13.2 Å². The fourth-order valence-corrected chi connectivity index (χ4v) is 4.88. The maximum atomic E-state index is 13.4. The second-order valence-corrected chi connectivity index (χ2v) is 9.03. The number of rotatable bonds is 4. The van der Waals surface area contributed by atoms with Gasteiger partial charge in [-0.05, 0) is 48.9 Å². The van der Waals surface area contributed by atoms with E-state index in [1.54, 1.807) is 37.4 Å². The van der Waals surface area contributed by atoms with Crippen LogP contribution in [-0.4, -0.2) is 32.3 Å². The molecule has 0 radical (unpaired) electrons. The molecular weight excluding hydrogens is 400 g/mol. The number of amides is 1. The molecule has 1 unspecified atom stereocenters. The lowest BCUT2D eigenvalue weighted by molar-refractivity contribution is 0.0863. The Bertz CT molecular complexity index is 1170. The fraction of sp³-hybridized carbons (Fsp3) is 0.174. The van der Waals surface area contributed by atoms with Gasteiger partial charge in [0.1, 0.15) is 5.75 Å². The number of para-hydroxylation sites is 1. The van der Waals surface area contributed by atoms with Crippen LogP contribution >= 0.6 is 0 Å². The molecule has 3 aromatic carbocycles. The third kappa shape index (κ3) is 3.64. The van der Waals surface area contributed by atoms with E-state index in [4.69, 9.17) is 4.74 Å². The minimum absolute atomic E-state index is 0.0317. The van der Waals surface area contributed by atoms with Gasteiger partial charge in [0.15, 0.2) is 0 Å². The first-order chi connectivity index (χ1) is 14.4. The van der Waals surface area contributed by atoms with E-state index in [-0.39, 0.29) is 11.4 Å². The molecule has 0 spiro atoms. The van der Waals surface area contributed by atoms with Crippen molar-refractivity contribution < 1.29 is 17.9 Å². The lowest BCUT2D eigenvalue weighted by Crippen LogP contribution is -2.39. The Balaban J connectivity index is 1.80. The lowest BCUT2D eigenvalue weighted by atomic mass is 10.1. The van der Waals surface area contributed by atoms with Crippen LogP contribution < -0.4 is 10.1 Å². The molecule has 1 heterocycles. The van der Waals surface area contributed by atoms with E-state index in [1.165, 1.54) is 12.1 Å². The highest BCUT2D eigenvalue weighted by molar-refractivity contribution is 7.89. The number of sulfonamides is 1. The first-order valence-corrected chi connectivity index (χ1v) is 11.0. The van der Waals surface area contributed by atoms with Crippen LogP contribution in [0.15, 0.2) is 77.7 Å². The lowest BCUT2D eigenvalue weighted by Gasteiger charge is -2.25. The summed E-state index contributed by atoms with van der Waals surface area (Å²) in [6, 6.07) is 20.4. The number of hydrogen-bond donors (Lipinski definition) is 1. The van der Waals surface area contributed by atoms with Gasteiger partial charge in [0.25, 0.3) is 15.9 Å². The zero-order valence-corrected chi connectivity index (χ0v) is 17.5. The van der Waals surface area contributed by atoms with Crippen LogP contribution in [0.4, 0.5) is 5.69 Å². The second kappa shape index (κ2) is 7.84. The summed E-state index contributed by atoms with van der Waals surface area (Å²) in [6.45, 7) is 1.85. The third-order valence-corrected chi connectivity index (χ3v) is 6.95. The van der Waals surface area contributed by atoms with Gasteiger partial charge >= 0.3 is 0 Å². The molecule has 0 aliphatic carbocycles. The van der Waals surface area contributed by atoms with E-state index >= 15 is 0 Å². The molecule has 154 valence electrons. The van der Waals surface area contributed by atoms with E-state index in [2.05, 4.69) is 5.32 Å². The zero-order chi connectivity index (χ0) is 21.3. The SMILES string of the molecule is COc1ccc(C2CN(S(=O)(=O)c3ccc(C)cc3)C(=O)c3ccccc3N2)cc1. The topological polar surface area (TPSA) is 75.7 Å². The molecular formula is C23H22N2O4S. The average Bonchev–Trinajstić information content (AvgIpc) is 2.91. The van der Waals surface area contributed by atoms with Gasteiger partial charge < -0.3 is 10.1 Å². The molecule has 1 atom stereocenters. The number of anilines is 1. The first kappa shape index (κ1) is 20.0. The van der Waals surface area contributed by atoms with Crippen molar-refractivity contribution in [1.29, 1.82) is 0 Å². The maximum absolute atomic E-state index is 13.4. The largest absolute Gasteiger partial charge is 0.497 e. The highest BCUT2D eigenvalue weighted by Gasteiger charge is 2.36. The van der Waals surface area contributed by atoms with Gasteiger partial charge in [-0.25, -0.2) is 12.7 Å². The summed E-state index contributed by atoms with van der Waals surface area (Å²) in [5.74, 6) is 0.155. The standard InChI is InChI=1S/C23H22N2O4S/c1-16-7-13-19(14-8-16)30(27,28)25-15-22(17-9-11-18(29-2)12-10-17)24-21-6-4-3-5-20(21)23(25)26/h3-14,22,24H,15H2,1-2H3. The van der Waals surface area contributed by atoms with Crippen molar-refractivity contribution in [3.05, 3.63) is 89.5 Å². The number of fused-ring (bicyclic) bond motifs is 1. The summed E-state index contributed by atoms with van der Waals surface area (Å²) in [6.07, 6.45) is 0. The molecule has 7 heteroatoms. The molecule has 30 heavy (non-hydrogen) atoms. The predicted molar refractivity (Wildman–Crippen MR) is 115 cm³/mol. The van der Waals surface area contributed by atoms with E-state index in [0.29, 0.717) is 17.0 Å². The van der Waals surface area contributed by atoms with Crippen molar-refractivity contribution in [3.8, 4) is 5.75 Å². The quantitative estimate of drug-likeness (QED) is 0.688. The summed E-state index contributed by atoms with van der Waals surface area (Å²) in [5, 5.41) is 3.34. The van der Waals surface area contributed by atoms with Gasteiger partial charge in [-0.15, -0.1) is 0 Å². The second-order valence-electron chi connectivity index (χ2n) is 7.17. The summed E-state index contributed by atoms with van der Waals surface area (Å²) in [5.41, 5.74) is 2.72. The number of carbonyl (C=O) groups excluding carboxylic acids is 1. The number of carbonyl (C=O) groups is 1. The smallest absolute Gasteiger partial charge is 0.269 e. The van der Waals surface area contributed by atoms with Gasteiger partial charge in [-0.1, -0.05) is 42.0 Å². The molecule has 0 saturated carbocycles. The van der Waals surface area contributed by atoms with Gasteiger partial charge in [0, 0.05) is 5.69 Å². The number of aryl methyl sites for hydroxylation is 1. The molecule has 3 aromatic rings. The maximum Gasteiger partial charge on any atom is 0.269 e. The van der Waals surface area contributed by atoms with Crippen molar-refractivity contribution in [2.75, 3.05) is 19.0 Å². The van der Waals surface area contributed by atoms with Crippen molar-refractivity contribution in [2.45, 2.75) is 17.9 Å². The molecule has 0 fully saturated rings. The Morgan fingerprint density at radius 1 is 0.967 bits per heavy atom.